The fourth-order valence-electron chi connectivity index (χ4n) is 4.38. The zero-order valence-electron chi connectivity index (χ0n) is 26.2. The Kier molecular flexibility index (Phi) is 17.2. The molecular weight excluding hydrogens is 583 g/mol. The Balaban J connectivity index is 1.51. The van der Waals surface area contributed by atoms with E-state index < -0.39 is 48.1 Å². The quantitative estimate of drug-likeness (QED) is 0.132. The number of aliphatic hydroxyl groups excluding tert-OH is 1. The van der Waals surface area contributed by atoms with Gasteiger partial charge in [-0.25, -0.2) is 14.0 Å². The van der Waals surface area contributed by atoms with Crippen LogP contribution < -0.4 is 21.9 Å². The Morgan fingerprint density at radius 1 is 1.00 bits per heavy atom. The van der Waals surface area contributed by atoms with E-state index in [1.165, 1.54) is 0 Å². The van der Waals surface area contributed by atoms with Gasteiger partial charge in [-0.05, 0) is 51.9 Å². The lowest BCUT2D eigenvalue weighted by Gasteiger charge is -2.24. The third kappa shape index (κ3) is 14.1. The number of alkyl carbamates (subject to hydrolysis) is 1. The molecule has 2 amide bonds. The average Bonchev–Trinajstić information content (AvgIpc) is 3.23. The molecule has 0 aromatic carbocycles. The van der Waals surface area contributed by atoms with E-state index in [0.717, 1.165) is 62.3 Å². The van der Waals surface area contributed by atoms with Gasteiger partial charge in [0.25, 0.3) is 5.56 Å². The second-order valence-electron chi connectivity index (χ2n) is 10.6. The first-order chi connectivity index (χ1) is 21.7. The number of rotatable bonds is 19. The number of alkyl halides is 1. The first kappa shape index (κ1) is 37.2. The van der Waals surface area contributed by atoms with Gasteiger partial charge in [0.05, 0.1) is 0 Å². The molecule has 0 radical (unpaired) electrons. The molecule has 1 aliphatic rings. The number of carbonyl (C=O) groups is 2. The topological polar surface area (TPSA) is 152 Å². The number of hydrogen-bond acceptors (Lipinski definition) is 7. The van der Waals surface area contributed by atoms with Crippen LogP contribution in [0.15, 0.2) is 82.6 Å². The molecule has 11 nitrogen and oxygen atoms in total. The summed E-state index contributed by atoms with van der Waals surface area (Å²) in [6, 6.07) is 1.02. The minimum atomic E-state index is -2.40. The molecule has 0 aliphatic carbocycles. The highest BCUT2D eigenvalue weighted by Gasteiger charge is 2.55. The molecule has 45 heavy (non-hydrogen) atoms. The molecule has 248 valence electrons. The van der Waals surface area contributed by atoms with Gasteiger partial charge in [0.2, 0.25) is 5.91 Å². The molecule has 1 saturated heterocycles. The van der Waals surface area contributed by atoms with Crippen LogP contribution in [0.5, 0.6) is 0 Å². The molecule has 2 heterocycles. The standard InChI is InChI=1S/C33H47FN4O7/c1-3-4-5-6-7-8-9-10-11-12-13-14-15-16-17-18-19-20-27(39)35-22-23-36-32(43)44-25-26-29(41)33(2,34)30(45-26)38-24-21-28(40)37-31(38)42/h4-5,7-8,10-11,13-14,16-17,21,24,26,29-30,41H,3,6,9,12,15,18-20,22-23,25H2,1-2H3,(H,35,39)(H,36,43)(H,37,40,42). The van der Waals surface area contributed by atoms with Gasteiger partial charge in [-0.1, -0.05) is 67.7 Å². The first-order valence-electron chi connectivity index (χ1n) is 15.4. The number of nitrogens with one attached hydrogen (secondary N) is 3. The van der Waals surface area contributed by atoms with E-state index in [1.54, 1.807) is 0 Å². The summed E-state index contributed by atoms with van der Waals surface area (Å²) in [5.74, 6) is -0.134. The third-order valence-electron chi connectivity index (χ3n) is 6.85. The minimum Gasteiger partial charge on any atom is -0.447 e. The SMILES string of the molecule is CCC=CCC=CCC=CCC=CCC=CCCCC(=O)NCCNC(=O)OCC1OC(n2ccc(=O)[nH]c2=O)C(C)(F)C1O. The largest absolute Gasteiger partial charge is 0.447 e. The van der Waals surface area contributed by atoms with Crippen molar-refractivity contribution in [3.05, 3.63) is 93.9 Å². The number of hydrogen-bond donors (Lipinski definition) is 4. The van der Waals surface area contributed by atoms with Crippen molar-refractivity contribution in [2.24, 2.45) is 0 Å². The maximum absolute atomic E-state index is 15.2. The Hall–Kier alpha value is -4.03. The summed E-state index contributed by atoms with van der Waals surface area (Å²) in [4.78, 5) is 49.3. The maximum Gasteiger partial charge on any atom is 0.407 e. The van der Waals surface area contributed by atoms with E-state index in [4.69, 9.17) is 9.47 Å². The summed E-state index contributed by atoms with van der Waals surface area (Å²) in [6.07, 6.45) is 23.7. The van der Waals surface area contributed by atoms with E-state index in [1.807, 2.05) is 4.98 Å². The molecule has 1 aromatic rings. The monoisotopic (exact) mass is 630 g/mol. The Morgan fingerprint density at radius 2 is 1.58 bits per heavy atom. The van der Waals surface area contributed by atoms with Gasteiger partial charge in [-0.3, -0.25) is 19.1 Å². The van der Waals surface area contributed by atoms with Gasteiger partial charge in [0.1, 0.15) is 18.8 Å². The second kappa shape index (κ2) is 20.8. The van der Waals surface area contributed by atoms with Crippen LogP contribution in [0.4, 0.5) is 9.18 Å². The molecule has 1 aliphatic heterocycles. The van der Waals surface area contributed by atoms with Crippen molar-refractivity contribution in [2.75, 3.05) is 19.7 Å². The van der Waals surface area contributed by atoms with Crippen molar-refractivity contribution in [3.63, 3.8) is 0 Å². The zero-order valence-corrected chi connectivity index (χ0v) is 26.2. The number of halogens is 1. The van der Waals surface area contributed by atoms with E-state index in [0.29, 0.717) is 12.8 Å². The Bertz CT molecular complexity index is 1310. The summed E-state index contributed by atoms with van der Waals surface area (Å²) in [6.45, 7) is 2.99. The molecular formula is C33H47FN4O7. The maximum atomic E-state index is 15.2. The van der Waals surface area contributed by atoms with Gasteiger partial charge in [0, 0.05) is 31.8 Å². The van der Waals surface area contributed by atoms with Gasteiger partial charge in [0.15, 0.2) is 11.9 Å². The number of aromatic amines is 1. The minimum absolute atomic E-state index is 0.101. The third-order valence-corrected chi connectivity index (χ3v) is 6.85. The normalized spacial score (nSPS) is 22.0. The first-order valence-corrected chi connectivity index (χ1v) is 15.4. The zero-order chi connectivity index (χ0) is 32.9. The van der Waals surface area contributed by atoms with Gasteiger partial charge in [-0.2, -0.15) is 0 Å². The smallest absolute Gasteiger partial charge is 0.407 e. The van der Waals surface area contributed by atoms with Gasteiger partial charge in [-0.15, -0.1) is 0 Å². The predicted octanol–water partition coefficient (Wildman–Crippen LogP) is 4.29. The molecule has 0 bridgehead atoms. The number of allylic oxidation sites excluding steroid dienone is 10. The van der Waals surface area contributed by atoms with E-state index in [2.05, 4.69) is 78.3 Å². The van der Waals surface area contributed by atoms with Crippen LogP contribution >= 0.6 is 0 Å². The van der Waals surface area contributed by atoms with Gasteiger partial charge >= 0.3 is 11.8 Å². The molecule has 0 saturated carbocycles. The molecule has 1 fully saturated rings. The molecule has 2 rings (SSSR count). The molecule has 4 N–H and O–H groups in total. The molecule has 4 unspecified atom stereocenters. The fraction of sp³-hybridized carbons (Fsp3) is 0.515. The van der Waals surface area contributed by atoms with Crippen molar-refractivity contribution in [1.82, 2.24) is 20.2 Å². The highest BCUT2D eigenvalue weighted by atomic mass is 19.1. The number of H-pyrrole nitrogens is 1. The summed E-state index contributed by atoms with van der Waals surface area (Å²) in [5, 5.41) is 15.5. The lowest BCUT2D eigenvalue weighted by atomic mass is 9.98. The second-order valence-corrected chi connectivity index (χ2v) is 10.6. The van der Waals surface area contributed by atoms with Crippen LogP contribution in [0.3, 0.4) is 0 Å². The number of carbonyl (C=O) groups excluding carboxylic acids is 2. The number of nitrogens with zero attached hydrogens (tertiary/aromatic N) is 1. The summed E-state index contributed by atoms with van der Waals surface area (Å²) in [7, 11) is 0. The van der Waals surface area contributed by atoms with Crippen molar-refractivity contribution in [2.45, 2.75) is 89.3 Å². The highest BCUT2D eigenvalue weighted by Crippen LogP contribution is 2.40. The van der Waals surface area contributed by atoms with Crippen LogP contribution in [0, 0.1) is 0 Å². The highest BCUT2D eigenvalue weighted by molar-refractivity contribution is 5.75. The van der Waals surface area contributed by atoms with Crippen LogP contribution in [0.2, 0.25) is 0 Å². The molecule has 0 spiro atoms. The lowest BCUT2D eigenvalue weighted by Crippen LogP contribution is -2.44. The van der Waals surface area contributed by atoms with E-state index in [-0.39, 0.29) is 19.0 Å². The molecule has 12 heteroatoms. The fourth-order valence-corrected chi connectivity index (χ4v) is 4.38. The number of aromatic nitrogens is 2. The van der Waals surface area contributed by atoms with Crippen LogP contribution in [0.25, 0.3) is 0 Å². The number of unbranched alkanes of at least 4 members (excludes halogenated alkanes) is 1. The summed E-state index contributed by atoms with van der Waals surface area (Å²) in [5.41, 5.74) is -3.96. The van der Waals surface area contributed by atoms with Crippen LogP contribution in [-0.4, -0.2) is 64.2 Å². The van der Waals surface area contributed by atoms with Crippen molar-refractivity contribution < 1.29 is 28.6 Å². The number of amides is 2. The van der Waals surface area contributed by atoms with E-state index in [9.17, 15) is 24.3 Å². The summed E-state index contributed by atoms with van der Waals surface area (Å²) >= 11 is 0. The van der Waals surface area contributed by atoms with Crippen molar-refractivity contribution in [1.29, 1.82) is 0 Å². The Morgan fingerprint density at radius 3 is 2.18 bits per heavy atom. The van der Waals surface area contributed by atoms with Crippen molar-refractivity contribution >= 4 is 12.0 Å². The molecule has 1 aromatic heterocycles. The average molecular weight is 631 g/mol. The number of aliphatic hydroxyl groups is 1. The van der Waals surface area contributed by atoms with Crippen molar-refractivity contribution in [3.8, 4) is 0 Å². The summed E-state index contributed by atoms with van der Waals surface area (Å²) < 4.78 is 26.5. The van der Waals surface area contributed by atoms with E-state index >= 15 is 4.39 Å². The predicted molar refractivity (Wildman–Crippen MR) is 171 cm³/mol. The lowest BCUT2D eigenvalue weighted by molar-refractivity contribution is -0.121. The van der Waals surface area contributed by atoms with Gasteiger partial charge < -0.3 is 25.2 Å². The number of ether oxygens (including phenoxy) is 2. The van der Waals surface area contributed by atoms with Crippen LogP contribution in [0.1, 0.15) is 71.4 Å². The Labute approximate surface area is 263 Å². The van der Waals surface area contributed by atoms with Crippen LogP contribution in [-0.2, 0) is 14.3 Å². The molecule has 4 atom stereocenters.